The molecule has 0 unspecified atom stereocenters. The summed E-state index contributed by atoms with van der Waals surface area (Å²) in [6.45, 7) is 1.60. The number of carboxylic acids is 1. The van der Waals surface area contributed by atoms with Crippen molar-refractivity contribution in [1.29, 1.82) is 0 Å². The average Bonchev–Trinajstić information content (AvgIpc) is 2.29. The molecule has 0 amide bonds. The van der Waals surface area contributed by atoms with E-state index in [0.717, 1.165) is 0 Å². The van der Waals surface area contributed by atoms with Crippen LogP contribution in [0.25, 0.3) is 0 Å². The lowest BCUT2D eigenvalue weighted by molar-refractivity contribution is -0.139. The van der Waals surface area contributed by atoms with Gasteiger partial charge in [-0.3, -0.25) is 4.79 Å². The summed E-state index contributed by atoms with van der Waals surface area (Å²) in [5.41, 5.74) is 0. The smallest absolute Gasteiger partial charge is 0.322 e. The van der Waals surface area contributed by atoms with Gasteiger partial charge in [-0.25, -0.2) is 9.97 Å². The molecule has 0 aliphatic carbocycles. The van der Waals surface area contributed by atoms with Crippen molar-refractivity contribution in [2.75, 3.05) is 24.5 Å². The van der Waals surface area contributed by atoms with E-state index in [1.807, 2.05) is 0 Å². The Kier molecular flexibility index (Phi) is 3.21. The van der Waals surface area contributed by atoms with E-state index in [2.05, 4.69) is 15.3 Å². The quantitative estimate of drug-likeness (QED) is 0.711. The van der Waals surface area contributed by atoms with Crippen LogP contribution in [0.1, 0.15) is 0 Å². The van der Waals surface area contributed by atoms with Gasteiger partial charge < -0.3 is 15.3 Å². The highest BCUT2D eigenvalue weighted by Crippen LogP contribution is 2.12. The van der Waals surface area contributed by atoms with Crippen LogP contribution in [-0.4, -0.2) is 46.7 Å². The Morgan fingerprint density at radius 2 is 2.50 bits per heavy atom. The molecule has 1 aliphatic heterocycles. The summed E-state index contributed by atoms with van der Waals surface area (Å²) < 4.78 is 0. The lowest BCUT2D eigenvalue weighted by Crippen LogP contribution is -2.54. The number of nitrogens with one attached hydrogen (secondary N) is 1. The summed E-state index contributed by atoms with van der Waals surface area (Å²) in [4.78, 5) is 20.8. The SMILES string of the molecule is O=C(O)[C@H]1CN(c2nccc(Cl)n2)CCN1. The molecule has 7 heteroatoms. The number of anilines is 1. The van der Waals surface area contributed by atoms with E-state index in [4.69, 9.17) is 16.7 Å². The molecule has 2 heterocycles. The highest BCUT2D eigenvalue weighted by molar-refractivity contribution is 6.29. The molecule has 1 atom stereocenters. The van der Waals surface area contributed by atoms with E-state index in [1.54, 1.807) is 17.2 Å². The minimum atomic E-state index is -0.869. The Bertz CT molecular complexity index is 401. The number of rotatable bonds is 2. The van der Waals surface area contributed by atoms with Crippen LogP contribution >= 0.6 is 11.6 Å². The third-order valence-corrected chi connectivity index (χ3v) is 2.58. The summed E-state index contributed by atoms with van der Waals surface area (Å²) in [5, 5.41) is 12.2. The van der Waals surface area contributed by atoms with Gasteiger partial charge in [-0.2, -0.15) is 0 Å². The molecule has 2 rings (SSSR count). The molecule has 0 spiro atoms. The zero-order valence-corrected chi connectivity index (χ0v) is 9.18. The average molecular weight is 243 g/mol. The van der Waals surface area contributed by atoms with Gasteiger partial charge in [-0.15, -0.1) is 0 Å². The molecule has 1 saturated heterocycles. The maximum absolute atomic E-state index is 10.8. The maximum Gasteiger partial charge on any atom is 0.322 e. The molecule has 0 saturated carbocycles. The van der Waals surface area contributed by atoms with E-state index in [0.29, 0.717) is 30.7 Å². The van der Waals surface area contributed by atoms with Gasteiger partial charge in [0.25, 0.3) is 0 Å². The molecule has 0 aromatic carbocycles. The molecule has 6 nitrogen and oxygen atoms in total. The number of carboxylic acid groups (broad SMARTS) is 1. The van der Waals surface area contributed by atoms with Crippen molar-refractivity contribution in [3.63, 3.8) is 0 Å². The number of piperazine rings is 1. The van der Waals surface area contributed by atoms with Crippen molar-refractivity contribution in [2.45, 2.75) is 6.04 Å². The number of halogens is 1. The Labute approximate surface area is 97.3 Å². The highest BCUT2D eigenvalue weighted by Gasteiger charge is 2.26. The Balaban J connectivity index is 2.12. The van der Waals surface area contributed by atoms with E-state index in [-0.39, 0.29) is 0 Å². The topological polar surface area (TPSA) is 78.3 Å². The zero-order valence-electron chi connectivity index (χ0n) is 8.43. The summed E-state index contributed by atoms with van der Waals surface area (Å²) in [6, 6.07) is 0.999. The summed E-state index contributed by atoms with van der Waals surface area (Å²) in [6.07, 6.45) is 1.56. The van der Waals surface area contributed by atoms with Crippen LogP contribution in [0.3, 0.4) is 0 Å². The standard InChI is InChI=1S/C9H11ClN4O2/c10-7-1-2-12-9(13-7)14-4-3-11-6(5-14)8(15)16/h1-2,6,11H,3-5H2,(H,15,16)/t6-/m1/s1. The van der Waals surface area contributed by atoms with Gasteiger partial charge in [-0.05, 0) is 6.07 Å². The fourth-order valence-corrected chi connectivity index (χ4v) is 1.71. The summed E-state index contributed by atoms with van der Waals surface area (Å²) in [5.74, 6) is -0.396. The van der Waals surface area contributed by atoms with Crippen LogP contribution in [0, 0.1) is 0 Å². The summed E-state index contributed by atoms with van der Waals surface area (Å²) in [7, 11) is 0. The molecule has 86 valence electrons. The first-order chi connectivity index (χ1) is 7.66. The van der Waals surface area contributed by atoms with Crippen molar-refractivity contribution >= 4 is 23.5 Å². The first-order valence-corrected chi connectivity index (χ1v) is 5.24. The van der Waals surface area contributed by atoms with Crippen molar-refractivity contribution in [1.82, 2.24) is 15.3 Å². The fourth-order valence-electron chi connectivity index (χ4n) is 1.58. The largest absolute Gasteiger partial charge is 0.480 e. The molecule has 1 aliphatic rings. The number of carbonyl (C=O) groups is 1. The van der Waals surface area contributed by atoms with Crippen molar-refractivity contribution < 1.29 is 9.90 Å². The normalized spacial score (nSPS) is 20.8. The van der Waals surface area contributed by atoms with Gasteiger partial charge in [0, 0.05) is 25.8 Å². The van der Waals surface area contributed by atoms with Gasteiger partial charge in [0.2, 0.25) is 5.95 Å². The molecule has 0 radical (unpaired) electrons. The first kappa shape index (κ1) is 11.1. The van der Waals surface area contributed by atoms with Gasteiger partial charge in [0.1, 0.15) is 11.2 Å². The monoisotopic (exact) mass is 242 g/mol. The highest BCUT2D eigenvalue weighted by atomic mass is 35.5. The van der Waals surface area contributed by atoms with Crippen LogP contribution in [-0.2, 0) is 4.79 Å². The predicted molar refractivity (Wildman–Crippen MR) is 58.7 cm³/mol. The number of hydrogen-bond acceptors (Lipinski definition) is 5. The lowest BCUT2D eigenvalue weighted by atomic mass is 10.2. The van der Waals surface area contributed by atoms with Crippen LogP contribution in [0.5, 0.6) is 0 Å². The summed E-state index contributed by atoms with van der Waals surface area (Å²) >= 11 is 5.75. The van der Waals surface area contributed by atoms with Crippen LogP contribution in [0.15, 0.2) is 12.3 Å². The Morgan fingerprint density at radius 1 is 1.69 bits per heavy atom. The molecule has 16 heavy (non-hydrogen) atoms. The van der Waals surface area contributed by atoms with Gasteiger partial charge in [0.15, 0.2) is 0 Å². The molecule has 2 N–H and O–H groups in total. The molecule has 1 aromatic rings. The molecular formula is C9H11ClN4O2. The number of hydrogen-bond donors (Lipinski definition) is 2. The van der Waals surface area contributed by atoms with Crippen molar-refractivity contribution in [3.05, 3.63) is 17.4 Å². The second kappa shape index (κ2) is 4.63. The van der Waals surface area contributed by atoms with Crippen molar-refractivity contribution in [3.8, 4) is 0 Å². The van der Waals surface area contributed by atoms with E-state index in [1.165, 1.54) is 0 Å². The molecule has 1 aromatic heterocycles. The lowest BCUT2D eigenvalue weighted by Gasteiger charge is -2.31. The molecule has 1 fully saturated rings. The maximum atomic E-state index is 10.8. The van der Waals surface area contributed by atoms with E-state index >= 15 is 0 Å². The van der Waals surface area contributed by atoms with Crippen molar-refractivity contribution in [2.24, 2.45) is 0 Å². The van der Waals surface area contributed by atoms with E-state index < -0.39 is 12.0 Å². The molecular weight excluding hydrogens is 232 g/mol. The van der Waals surface area contributed by atoms with Crippen LogP contribution in [0.4, 0.5) is 5.95 Å². The van der Waals surface area contributed by atoms with Gasteiger partial charge in [-0.1, -0.05) is 11.6 Å². The van der Waals surface area contributed by atoms with E-state index in [9.17, 15) is 4.79 Å². The second-order valence-corrected chi connectivity index (χ2v) is 3.86. The zero-order chi connectivity index (χ0) is 11.5. The molecule has 0 bridgehead atoms. The third-order valence-electron chi connectivity index (χ3n) is 2.37. The van der Waals surface area contributed by atoms with Crippen LogP contribution < -0.4 is 10.2 Å². The number of nitrogens with zero attached hydrogens (tertiary/aromatic N) is 3. The Morgan fingerprint density at radius 3 is 3.19 bits per heavy atom. The number of aromatic nitrogens is 2. The predicted octanol–water partition coefficient (Wildman–Crippen LogP) is -0.00720. The fraction of sp³-hybridized carbons (Fsp3) is 0.444. The van der Waals surface area contributed by atoms with Gasteiger partial charge >= 0.3 is 5.97 Å². The van der Waals surface area contributed by atoms with Gasteiger partial charge in [0.05, 0.1) is 0 Å². The minimum absolute atomic E-state index is 0.343. The third kappa shape index (κ3) is 2.40. The van der Waals surface area contributed by atoms with Crippen LogP contribution in [0.2, 0.25) is 5.15 Å². The minimum Gasteiger partial charge on any atom is -0.480 e. The second-order valence-electron chi connectivity index (χ2n) is 3.47. The number of aliphatic carboxylic acids is 1. The first-order valence-electron chi connectivity index (χ1n) is 4.86. The Hall–Kier alpha value is -1.40.